The van der Waals surface area contributed by atoms with Crippen molar-refractivity contribution in [2.75, 3.05) is 33.4 Å². The molecule has 0 amide bonds. The molecule has 1 fully saturated rings. The second kappa shape index (κ2) is 7.62. The van der Waals surface area contributed by atoms with Crippen LogP contribution in [-0.2, 0) is 11.3 Å². The summed E-state index contributed by atoms with van der Waals surface area (Å²) in [4.78, 5) is 2.42. The molecule has 112 valence electrons. The third-order valence-electron chi connectivity index (χ3n) is 4.09. The smallest absolute Gasteiger partial charge is 0.119 e. The van der Waals surface area contributed by atoms with E-state index in [0.717, 1.165) is 30.9 Å². The zero-order valence-electron chi connectivity index (χ0n) is 12.5. The minimum absolute atomic E-state index is 0.351. The van der Waals surface area contributed by atoms with Crippen LogP contribution in [0.4, 0.5) is 0 Å². The fraction of sp³-hybridized carbons (Fsp3) is 0.625. The number of likely N-dealkylation sites (tertiary alicyclic amines) is 1. The first-order valence-corrected chi connectivity index (χ1v) is 7.40. The Morgan fingerprint density at radius 3 is 3.00 bits per heavy atom. The predicted octanol–water partition coefficient (Wildman–Crippen LogP) is 1.88. The first-order valence-electron chi connectivity index (χ1n) is 7.40. The molecule has 1 aromatic carbocycles. The topological polar surface area (TPSA) is 47.7 Å². The lowest BCUT2D eigenvalue weighted by molar-refractivity contribution is -0.00788. The van der Waals surface area contributed by atoms with E-state index in [-0.39, 0.29) is 0 Å². The molecule has 1 aromatic rings. The fourth-order valence-electron chi connectivity index (χ4n) is 2.66. The molecule has 2 unspecified atom stereocenters. The molecule has 2 atom stereocenters. The molecule has 0 aliphatic carbocycles. The number of piperidine rings is 1. The maximum Gasteiger partial charge on any atom is 0.119 e. The Hall–Kier alpha value is -1.10. The normalized spacial score (nSPS) is 23.8. The maximum atomic E-state index is 5.81. The van der Waals surface area contributed by atoms with E-state index in [1.54, 1.807) is 7.11 Å². The minimum atomic E-state index is 0.351. The molecule has 1 saturated heterocycles. The van der Waals surface area contributed by atoms with Gasteiger partial charge in [-0.3, -0.25) is 4.90 Å². The van der Waals surface area contributed by atoms with Crippen molar-refractivity contribution < 1.29 is 9.47 Å². The summed E-state index contributed by atoms with van der Waals surface area (Å²) in [5, 5.41) is 0. The number of hydrogen-bond donors (Lipinski definition) is 1. The van der Waals surface area contributed by atoms with Crippen molar-refractivity contribution >= 4 is 0 Å². The van der Waals surface area contributed by atoms with Gasteiger partial charge in [0.2, 0.25) is 0 Å². The van der Waals surface area contributed by atoms with Gasteiger partial charge in [0, 0.05) is 26.7 Å². The van der Waals surface area contributed by atoms with Gasteiger partial charge in [-0.15, -0.1) is 0 Å². The minimum Gasteiger partial charge on any atom is -0.492 e. The first kappa shape index (κ1) is 15.3. The number of ether oxygens (including phenoxy) is 2. The lowest BCUT2D eigenvalue weighted by atomic mass is 9.96. The van der Waals surface area contributed by atoms with Crippen LogP contribution in [-0.4, -0.2) is 44.4 Å². The van der Waals surface area contributed by atoms with Crippen LogP contribution in [0, 0.1) is 5.92 Å². The van der Waals surface area contributed by atoms with Crippen LogP contribution in [0.1, 0.15) is 18.9 Å². The largest absolute Gasteiger partial charge is 0.492 e. The molecule has 20 heavy (non-hydrogen) atoms. The Morgan fingerprint density at radius 2 is 2.25 bits per heavy atom. The van der Waals surface area contributed by atoms with Gasteiger partial charge in [0.05, 0.1) is 6.10 Å². The zero-order valence-corrected chi connectivity index (χ0v) is 12.5. The van der Waals surface area contributed by atoms with Crippen molar-refractivity contribution in [3.8, 4) is 5.75 Å². The number of nitrogens with zero attached hydrogens (tertiary/aromatic N) is 1. The highest BCUT2D eigenvalue weighted by Crippen LogP contribution is 2.19. The van der Waals surface area contributed by atoms with E-state index in [9.17, 15) is 0 Å². The molecular weight excluding hydrogens is 252 g/mol. The average Bonchev–Trinajstić information content (AvgIpc) is 2.49. The van der Waals surface area contributed by atoms with E-state index in [2.05, 4.69) is 11.8 Å². The van der Waals surface area contributed by atoms with Gasteiger partial charge in [-0.1, -0.05) is 19.1 Å². The van der Waals surface area contributed by atoms with E-state index < -0.39 is 0 Å². The van der Waals surface area contributed by atoms with E-state index in [1.165, 1.54) is 6.42 Å². The summed E-state index contributed by atoms with van der Waals surface area (Å²) in [5.41, 5.74) is 6.74. The van der Waals surface area contributed by atoms with E-state index in [1.807, 2.05) is 24.3 Å². The molecule has 0 aromatic heterocycles. The van der Waals surface area contributed by atoms with E-state index >= 15 is 0 Å². The Kier molecular flexibility index (Phi) is 5.83. The van der Waals surface area contributed by atoms with Crippen molar-refractivity contribution in [1.82, 2.24) is 4.90 Å². The number of hydrogen-bond acceptors (Lipinski definition) is 4. The molecule has 0 bridgehead atoms. The summed E-state index contributed by atoms with van der Waals surface area (Å²) in [5.74, 6) is 1.56. The summed E-state index contributed by atoms with van der Waals surface area (Å²) in [6, 6.07) is 7.99. The highest BCUT2D eigenvalue weighted by Gasteiger charge is 2.25. The van der Waals surface area contributed by atoms with Crippen molar-refractivity contribution in [3.63, 3.8) is 0 Å². The molecule has 0 saturated carbocycles. The Labute approximate surface area is 121 Å². The number of benzene rings is 1. The van der Waals surface area contributed by atoms with Gasteiger partial charge in [0.1, 0.15) is 12.4 Å². The molecule has 1 aliphatic rings. The van der Waals surface area contributed by atoms with Crippen molar-refractivity contribution in [3.05, 3.63) is 29.8 Å². The van der Waals surface area contributed by atoms with Gasteiger partial charge in [-0.25, -0.2) is 0 Å². The quantitative estimate of drug-likeness (QED) is 0.863. The lowest BCUT2D eigenvalue weighted by Crippen LogP contribution is -2.45. The third kappa shape index (κ3) is 4.20. The standard InChI is InChI=1S/C16H26N2O2/c1-13-6-7-18(12-16(13)19-2)8-9-20-15-5-3-4-14(10-15)11-17/h3-5,10,13,16H,6-9,11-12,17H2,1-2H3. The molecular formula is C16H26N2O2. The van der Waals surface area contributed by atoms with Crippen LogP contribution in [0.25, 0.3) is 0 Å². The Morgan fingerprint density at radius 1 is 1.40 bits per heavy atom. The van der Waals surface area contributed by atoms with Crippen molar-refractivity contribution in [1.29, 1.82) is 0 Å². The number of methoxy groups -OCH3 is 1. The van der Waals surface area contributed by atoms with Crippen LogP contribution >= 0.6 is 0 Å². The molecule has 2 rings (SSSR count). The Bertz CT molecular complexity index is 411. The molecule has 1 aliphatic heterocycles. The highest BCUT2D eigenvalue weighted by atomic mass is 16.5. The molecule has 0 radical (unpaired) electrons. The highest BCUT2D eigenvalue weighted by molar-refractivity contribution is 5.28. The average molecular weight is 278 g/mol. The molecule has 2 N–H and O–H groups in total. The van der Waals surface area contributed by atoms with Gasteiger partial charge in [-0.05, 0) is 36.6 Å². The molecule has 4 nitrogen and oxygen atoms in total. The maximum absolute atomic E-state index is 5.81. The zero-order chi connectivity index (χ0) is 14.4. The van der Waals surface area contributed by atoms with Crippen LogP contribution in [0.15, 0.2) is 24.3 Å². The van der Waals surface area contributed by atoms with Gasteiger partial charge in [0.25, 0.3) is 0 Å². The predicted molar refractivity (Wildman–Crippen MR) is 80.8 cm³/mol. The second-order valence-electron chi connectivity index (χ2n) is 5.54. The monoisotopic (exact) mass is 278 g/mol. The van der Waals surface area contributed by atoms with Crippen LogP contribution in [0.2, 0.25) is 0 Å². The van der Waals surface area contributed by atoms with Gasteiger partial charge < -0.3 is 15.2 Å². The molecule has 0 spiro atoms. The molecule has 1 heterocycles. The summed E-state index contributed by atoms with van der Waals surface area (Å²) < 4.78 is 11.3. The lowest BCUT2D eigenvalue weighted by Gasteiger charge is -2.36. The fourth-order valence-corrected chi connectivity index (χ4v) is 2.66. The van der Waals surface area contributed by atoms with Crippen LogP contribution in [0.5, 0.6) is 5.75 Å². The third-order valence-corrected chi connectivity index (χ3v) is 4.09. The summed E-state index contributed by atoms with van der Waals surface area (Å²) >= 11 is 0. The van der Waals surface area contributed by atoms with Crippen LogP contribution in [0.3, 0.4) is 0 Å². The van der Waals surface area contributed by atoms with E-state index in [4.69, 9.17) is 15.2 Å². The first-order chi connectivity index (χ1) is 9.72. The summed E-state index contributed by atoms with van der Waals surface area (Å²) in [6.45, 7) is 6.60. The van der Waals surface area contributed by atoms with Gasteiger partial charge in [-0.2, -0.15) is 0 Å². The van der Waals surface area contributed by atoms with Gasteiger partial charge in [0.15, 0.2) is 0 Å². The second-order valence-corrected chi connectivity index (χ2v) is 5.54. The van der Waals surface area contributed by atoms with Crippen LogP contribution < -0.4 is 10.5 Å². The van der Waals surface area contributed by atoms with Gasteiger partial charge >= 0.3 is 0 Å². The molecule has 4 heteroatoms. The SMILES string of the molecule is COC1CN(CCOc2cccc(CN)c2)CCC1C. The number of nitrogens with two attached hydrogens (primary N) is 1. The summed E-state index contributed by atoms with van der Waals surface area (Å²) in [6.07, 6.45) is 1.55. The van der Waals surface area contributed by atoms with E-state index in [0.29, 0.717) is 25.2 Å². The number of rotatable bonds is 6. The summed E-state index contributed by atoms with van der Waals surface area (Å²) in [7, 11) is 1.81. The van der Waals surface area contributed by atoms with Crippen molar-refractivity contribution in [2.45, 2.75) is 26.0 Å². The Balaban J connectivity index is 1.75. The van der Waals surface area contributed by atoms with Crippen molar-refractivity contribution in [2.24, 2.45) is 11.7 Å².